The summed E-state index contributed by atoms with van der Waals surface area (Å²) in [6.45, 7) is 8.54. The summed E-state index contributed by atoms with van der Waals surface area (Å²) in [7, 11) is 0. The van der Waals surface area contributed by atoms with Gasteiger partial charge in [-0.3, -0.25) is 9.59 Å². The standard InChI is InChI=1S/C23H29ClN2O4/c1-5-8-11-30-22-18(24)12-16(13-20(22)29-7-3)23(28)26-19-14-17(10-9-15(19)4)25-21(27)6-2/h9-10,12-14H,5-8,11H2,1-4H3,(H,25,27)(H,26,28). The molecule has 2 amide bonds. The van der Waals surface area contributed by atoms with Gasteiger partial charge in [-0.1, -0.05) is 37.9 Å². The van der Waals surface area contributed by atoms with Crippen LogP contribution < -0.4 is 20.1 Å². The van der Waals surface area contributed by atoms with E-state index in [9.17, 15) is 9.59 Å². The minimum atomic E-state index is -0.333. The zero-order chi connectivity index (χ0) is 22.1. The summed E-state index contributed by atoms with van der Waals surface area (Å²) < 4.78 is 11.4. The van der Waals surface area contributed by atoms with Crippen LogP contribution in [0.25, 0.3) is 0 Å². The highest BCUT2D eigenvalue weighted by atomic mass is 35.5. The van der Waals surface area contributed by atoms with Gasteiger partial charge < -0.3 is 20.1 Å². The normalized spacial score (nSPS) is 10.4. The van der Waals surface area contributed by atoms with E-state index in [2.05, 4.69) is 17.6 Å². The first kappa shape index (κ1) is 23.5. The molecule has 7 heteroatoms. The van der Waals surface area contributed by atoms with Crippen LogP contribution in [-0.2, 0) is 4.79 Å². The van der Waals surface area contributed by atoms with Crippen LogP contribution in [0.5, 0.6) is 11.5 Å². The fourth-order valence-electron chi connectivity index (χ4n) is 2.70. The van der Waals surface area contributed by atoms with Gasteiger partial charge in [0.15, 0.2) is 11.5 Å². The largest absolute Gasteiger partial charge is 0.490 e. The van der Waals surface area contributed by atoms with Gasteiger partial charge in [-0.2, -0.15) is 0 Å². The molecular weight excluding hydrogens is 404 g/mol. The maximum atomic E-state index is 12.9. The van der Waals surface area contributed by atoms with Crippen molar-refractivity contribution in [3.05, 3.63) is 46.5 Å². The molecule has 2 rings (SSSR count). The fourth-order valence-corrected chi connectivity index (χ4v) is 2.96. The van der Waals surface area contributed by atoms with Crippen LogP contribution in [0.2, 0.25) is 5.02 Å². The molecule has 2 aromatic rings. The number of hydrogen-bond donors (Lipinski definition) is 2. The number of carbonyl (C=O) groups is 2. The van der Waals surface area contributed by atoms with E-state index in [1.165, 1.54) is 0 Å². The first-order valence-corrected chi connectivity index (χ1v) is 10.6. The van der Waals surface area contributed by atoms with Crippen molar-refractivity contribution in [1.82, 2.24) is 0 Å². The van der Waals surface area contributed by atoms with Crippen LogP contribution in [-0.4, -0.2) is 25.0 Å². The Kier molecular flexibility index (Phi) is 8.99. The number of carbonyl (C=O) groups excluding carboxylic acids is 2. The summed E-state index contributed by atoms with van der Waals surface area (Å²) in [4.78, 5) is 24.5. The molecule has 0 heterocycles. The molecule has 0 aliphatic carbocycles. The van der Waals surface area contributed by atoms with E-state index in [4.69, 9.17) is 21.1 Å². The Morgan fingerprint density at radius 1 is 1.03 bits per heavy atom. The third-order valence-corrected chi connectivity index (χ3v) is 4.69. The molecule has 2 N–H and O–H groups in total. The first-order chi connectivity index (χ1) is 14.4. The Bertz CT molecular complexity index is 899. The Balaban J connectivity index is 2.26. The van der Waals surface area contributed by atoms with Crippen molar-refractivity contribution in [3.8, 4) is 11.5 Å². The van der Waals surface area contributed by atoms with Gasteiger partial charge in [0, 0.05) is 23.4 Å². The van der Waals surface area contributed by atoms with Crippen LogP contribution in [0.4, 0.5) is 11.4 Å². The molecule has 0 saturated carbocycles. The third-order valence-electron chi connectivity index (χ3n) is 4.41. The summed E-state index contributed by atoms with van der Waals surface area (Å²) in [5.74, 6) is 0.457. The van der Waals surface area contributed by atoms with Crippen molar-refractivity contribution >= 4 is 34.8 Å². The average molecular weight is 433 g/mol. The van der Waals surface area contributed by atoms with E-state index in [1.54, 1.807) is 31.2 Å². The lowest BCUT2D eigenvalue weighted by Gasteiger charge is -2.16. The molecule has 0 saturated heterocycles. The number of hydrogen-bond acceptors (Lipinski definition) is 4. The summed E-state index contributed by atoms with van der Waals surface area (Å²) in [6.07, 6.45) is 2.27. The molecule has 0 bridgehead atoms. The summed E-state index contributed by atoms with van der Waals surface area (Å²) in [6, 6.07) is 8.56. The lowest BCUT2D eigenvalue weighted by molar-refractivity contribution is -0.115. The third kappa shape index (κ3) is 6.39. The maximum absolute atomic E-state index is 12.9. The van der Waals surface area contributed by atoms with E-state index in [1.807, 2.05) is 19.9 Å². The highest BCUT2D eigenvalue weighted by Gasteiger charge is 2.17. The number of anilines is 2. The highest BCUT2D eigenvalue weighted by molar-refractivity contribution is 6.32. The van der Waals surface area contributed by atoms with E-state index < -0.39 is 0 Å². The van der Waals surface area contributed by atoms with Gasteiger partial charge in [0.05, 0.1) is 18.2 Å². The number of rotatable bonds is 10. The second-order valence-corrected chi connectivity index (χ2v) is 7.21. The number of unbranched alkanes of at least 4 members (excludes halogenated alkanes) is 1. The molecule has 0 aliphatic rings. The number of amides is 2. The molecule has 0 spiro atoms. The van der Waals surface area contributed by atoms with Crippen molar-refractivity contribution in [2.75, 3.05) is 23.8 Å². The lowest BCUT2D eigenvalue weighted by Crippen LogP contribution is -2.15. The smallest absolute Gasteiger partial charge is 0.255 e. The number of nitrogens with one attached hydrogen (secondary N) is 2. The maximum Gasteiger partial charge on any atom is 0.255 e. The second-order valence-electron chi connectivity index (χ2n) is 6.81. The van der Waals surface area contributed by atoms with Crippen LogP contribution >= 0.6 is 11.6 Å². The summed E-state index contributed by atoms with van der Waals surface area (Å²) in [5.41, 5.74) is 2.45. The monoisotopic (exact) mass is 432 g/mol. The molecule has 30 heavy (non-hydrogen) atoms. The van der Waals surface area contributed by atoms with Crippen molar-refractivity contribution in [3.63, 3.8) is 0 Å². The predicted molar refractivity (Wildman–Crippen MR) is 121 cm³/mol. The highest BCUT2D eigenvalue weighted by Crippen LogP contribution is 2.37. The van der Waals surface area contributed by atoms with Crippen molar-refractivity contribution in [2.24, 2.45) is 0 Å². The minimum Gasteiger partial charge on any atom is -0.490 e. The number of halogens is 1. The van der Waals surface area contributed by atoms with Gasteiger partial charge in [0.2, 0.25) is 5.91 Å². The Morgan fingerprint density at radius 2 is 1.80 bits per heavy atom. The Labute approximate surface area is 182 Å². The molecule has 0 fully saturated rings. The zero-order valence-corrected chi connectivity index (χ0v) is 18.7. The number of ether oxygens (including phenoxy) is 2. The SMILES string of the molecule is CCCCOc1c(Cl)cc(C(=O)Nc2cc(NC(=O)CC)ccc2C)cc1OCC. The average Bonchev–Trinajstić information content (AvgIpc) is 2.72. The minimum absolute atomic E-state index is 0.0945. The Hall–Kier alpha value is -2.73. The van der Waals surface area contributed by atoms with Crippen molar-refractivity contribution in [2.45, 2.75) is 47.0 Å². The van der Waals surface area contributed by atoms with Gasteiger partial charge in [-0.05, 0) is 50.1 Å². The predicted octanol–water partition coefficient (Wildman–Crippen LogP) is 5.83. The molecule has 6 nitrogen and oxygen atoms in total. The van der Waals surface area contributed by atoms with Gasteiger partial charge in [-0.25, -0.2) is 0 Å². The molecule has 0 radical (unpaired) electrons. The molecule has 0 unspecified atom stereocenters. The molecular formula is C23H29ClN2O4. The van der Waals surface area contributed by atoms with Crippen molar-refractivity contribution in [1.29, 1.82) is 0 Å². The Morgan fingerprint density at radius 3 is 2.47 bits per heavy atom. The quantitative estimate of drug-likeness (QED) is 0.463. The fraction of sp³-hybridized carbons (Fsp3) is 0.391. The van der Waals surface area contributed by atoms with Gasteiger partial charge in [-0.15, -0.1) is 0 Å². The van der Waals surface area contributed by atoms with E-state index >= 15 is 0 Å². The second kappa shape index (κ2) is 11.5. The lowest BCUT2D eigenvalue weighted by atomic mass is 10.1. The van der Waals surface area contributed by atoms with Crippen molar-refractivity contribution < 1.29 is 19.1 Å². The number of benzene rings is 2. The molecule has 0 aliphatic heterocycles. The van der Waals surface area contributed by atoms with E-state index in [-0.39, 0.29) is 11.8 Å². The molecule has 0 atom stereocenters. The van der Waals surface area contributed by atoms with E-state index in [0.29, 0.717) is 53.1 Å². The van der Waals surface area contributed by atoms with Crippen LogP contribution in [0.15, 0.2) is 30.3 Å². The van der Waals surface area contributed by atoms with Gasteiger partial charge in [0.1, 0.15) is 0 Å². The number of aryl methyl sites for hydroxylation is 1. The zero-order valence-electron chi connectivity index (χ0n) is 17.9. The van der Waals surface area contributed by atoms with Crippen LogP contribution in [0, 0.1) is 6.92 Å². The van der Waals surface area contributed by atoms with Gasteiger partial charge in [0.25, 0.3) is 5.91 Å². The van der Waals surface area contributed by atoms with Gasteiger partial charge >= 0.3 is 0 Å². The molecule has 0 aromatic heterocycles. The van der Waals surface area contributed by atoms with Crippen LogP contribution in [0.1, 0.15) is 56.0 Å². The summed E-state index contributed by atoms with van der Waals surface area (Å²) >= 11 is 6.39. The molecule has 2 aromatic carbocycles. The van der Waals surface area contributed by atoms with E-state index in [0.717, 1.165) is 18.4 Å². The summed E-state index contributed by atoms with van der Waals surface area (Å²) in [5, 5.41) is 5.99. The first-order valence-electron chi connectivity index (χ1n) is 10.2. The topological polar surface area (TPSA) is 76.7 Å². The van der Waals surface area contributed by atoms with Crippen LogP contribution in [0.3, 0.4) is 0 Å². The molecule has 162 valence electrons.